The Balaban J connectivity index is 1.75. The Morgan fingerprint density at radius 1 is 1.00 bits per heavy atom. The van der Waals surface area contributed by atoms with Crippen molar-refractivity contribution in [2.75, 3.05) is 19.5 Å². The van der Waals surface area contributed by atoms with Gasteiger partial charge in [0, 0.05) is 29.2 Å². The van der Waals surface area contributed by atoms with Crippen molar-refractivity contribution in [3.8, 4) is 22.8 Å². The van der Waals surface area contributed by atoms with Crippen molar-refractivity contribution in [2.24, 2.45) is 5.41 Å². The summed E-state index contributed by atoms with van der Waals surface area (Å²) in [5.41, 5.74) is 5.59. The summed E-state index contributed by atoms with van der Waals surface area (Å²) < 4.78 is 11.0. The van der Waals surface area contributed by atoms with E-state index in [1.807, 2.05) is 36.4 Å². The molecule has 2 aliphatic rings. The number of H-pyrrole nitrogens is 1. The van der Waals surface area contributed by atoms with Gasteiger partial charge >= 0.3 is 0 Å². The average Bonchev–Trinajstić information content (AvgIpc) is 3.20. The number of rotatable bonds is 4. The highest BCUT2D eigenvalue weighted by molar-refractivity contribution is 6.02. The number of nitrogens with zero attached hydrogens (tertiary/aromatic N) is 1. The number of nitrogens with one attached hydrogen (secondary N) is 2. The molecule has 2 heterocycles. The summed E-state index contributed by atoms with van der Waals surface area (Å²) in [4.78, 5) is 13.5. The Kier molecular flexibility index (Phi) is 4.81. The molecule has 1 aliphatic carbocycles. The normalized spacial score (nSPS) is 19.1. The number of carbonyl (C=O) groups excluding carboxylic acids is 1. The lowest BCUT2D eigenvalue weighted by molar-refractivity contribution is -0.118. The van der Waals surface area contributed by atoms with E-state index in [0.717, 1.165) is 45.9 Å². The summed E-state index contributed by atoms with van der Waals surface area (Å²) in [5, 5.41) is 11.3. The Hall–Kier alpha value is -3.54. The number of ketones is 1. The number of anilines is 1. The fraction of sp³-hybridized carbons (Fsp3) is 0.308. The van der Waals surface area contributed by atoms with Crippen LogP contribution in [0.3, 0.4) is 0 Å². The molecule has 3 aromatic rings. The number of methoxy groups -OCH3 is 2. The van der Waals surface area contributed by atoms with Crippen LogP contribution in [0.2, 0.25) is 0 Å². The van der Waals surface area contributed by atoms with Crippen molar-refractivity contribution in [2.45, 2.75) is 32.6 Å². The van der Waals surface area contributed by atoms with E-state index in [4.69, 9.17) is 9.47 Å². The van der Waals surface area contributed by atoms with Gasteiger partial charge in [0.1, 0.15) is 0 Å². The highest BCUT2D eigenvalue weighted by Crippen LogP contribution is 2.51. The first-order valence-corrected chi connectivity index (χ1v) is 10.8. The topological polar surface area (TPSA) is 76.2 Å². The third-order valence-corrected chi connectivity index (χ3v) is 6.37. The quantitative estimate of drug-likeness (QED) is 0.589. The molecule has 6 heteroatoms. The van der Waals surface area contributed by atoms with Gasteiger partial charge in [-0.2, -0.15) is 5.10 Å². The number of fused-ring (bicyclic) bond motifs is 1. The minimum atomic E-state index is -0.251. The monoisotopic (exact) mass is 429 g/mol. The predicted octanol–water partition coefficient (Wildman–Crippen LogP) is 5.29. The molecule has 2 N–H and O–H groups in total. The van der Waals surface area contributed by atoms with Crippen molar-refractivity contribution >= 4 is 11.6 Å². The molecule has 1 aliphatic heterocycles. The third kappa shape index (κ3) is 3.27. The van der Waals surface area contributed by atoms with Crippen LogP contribution >= 0.6 is 0 Å². The van der Waals surface area contributed by atoms with Crippen LogP contribution in [0, 0.1) is 5.41 Å². The standard InChI is InChI=1S/C26H27N3O3/c1-26(2)13-17-22(18(30)14-26)21(16-10-11-19(31-3)20(12-16)32-4)23-24(28-29-25(23)27-17)15-8-6-5-7-9-15/h5-12,21H,13-14H2,1-4H3,(H2,27,28,29). The molecular formula is C26H27N3O3. The lowest BCUT2D eigenvalue weighted by atomic mass is 9.69. The van der Waals surface area contributed by atoms with E-state index in [-0.39, 0.29) is 17.1 Å². The number of hydrogen-bond acceptors (Lipinski definition) is 5. The van der Waals surface area contributed by atoms with Gasteiger partial charge in [0.15, 0.2) is 23.1 Å². The van der Waals surface area contributed by atoms with Gasteiger partial charge in [-0.05, 0) is 35.1 Å². The smallest absolute Gasteiger partial charge is 0.162 e. The summed E-state index contributed by atoms with van der Waals surface area (Å²) >= 11 is 0. The second-order valence-electron chi connectivity index (χ2n) is 9.23. The second kappa shape index (κ2) is 7.55. The Labute approximate surface area is 187 Å². The fourth-order valence-electron chi connectivity index (χ4n) is 4.99. The van der Waals surface area contributed by atoms with Crippen LogP contribution in [0.15, 0.2) is 59.8 Å². The molecule has 0 fully saturated rings. The number of carbonyl (C=O) groups is 1. The lowest BCUT2D eigenvalue weighted by Gasteiger charge is -2.38. The van der Waals surface area contributed by atoms with Crippen LogP contribution in [0.1, 0.15) is 43.7 Å². The zero-order valence-corrected chi connectivity index (χ0v) is 18.8. The largest absolute Gasteiger partial charge is 0.493 e. The Morgan fingerprint density at radius 2 is 1.75 bits per heavy atom. The van der Waals surface area contributed by atoms with Crippen LogP contribution in [0.25, 0.3) is 11.3 Å². The summed E-state index contributed by atoms with van der Waals surface area (Å²) in [6.45, 7) is 4.27. The van der Waals surface area contributed by atoms with Gasteiger partial charge in [-0.3, -0.25) is 9.89 Å². The number of aromatic nitrogens is 2. The zero-order chi connectivity index (χ0) is 22.5. The van der Waals surface area contributed by atoms with Gasteiger partial charge in [0.25, 0.3) is 0 Å². The van der Waals surface area contributed by atoms with Crippen LogP contribution in [-0.4, -0.2) is 30.2 Å². The van der Waals surface area contributed by atoms with Gasteiger partial charge in [-0.1, -0.05) is 50.2 Å². The van der Waals surface area contributed by atoms with E-state index in [1.165, 1.54) is 0 Å². The zero-order valence-electron chi connectivity index (χ0n) is 18.8. The molecule has 5 rings (SSSR count). The number of Topliss-reactive ketones (excluding diaryl/α,β-unsaturated/α-hetero) is 1. The molecule has 0 spiro atoms. The van der Waals surface area contributed by atoms with Crippen LogP contribution in [0.4, 0.5) is 5.82 Å². The molecule has 0 bridgehead atoms. The Bertz CT molecular complexity index is 1220. The van der Waals surface area contributed by atoms with Crippen LogP contribution < -0.4 is 14.8 Å². The van der Waals surface area contributed by atoms with E-state index >= 15 is 0 Å². The van der Waals surface area contributed by atoms with Gasteiger partial charge in [-0.25, -0.2) is 0 Å². The van der Waals surface area contributed by atoms with Gasteiger partial charge in [-0.15, -0.1) is 0 Å². The van der Waals surface area contributed by atoms with Gasteiger partial charge in [0.05, 0.1) is 19.9 Å². The first-order valence-electron chi connectivity index (χ1n) is 10.8. The maximum Gasteiger partial charge on any atom is 0.162 e. The molecule has 0 saturated carbocycles. The fourth-order valence-corrected chi connectivity index (χ4v) is 4.99. The lowest BCUT2D eigenvalue weighted by Crippen LogP contribution is -2.33. The molecule has 32 heavy (non-hydrogen) atoms. The van der Waals surface area contributed by atoms with Crippen LogP contribution in [0.5, 0.6) is 11.5 Å². The van der Waals surface area contributed by atoms with E-state index in [2.05, 4.69) is 41.5 Å². The van der Waals surface area contributed by atoms with Gasteiger partial charge < -0.3 is 14.8 Å². The second-order valence-corrected chi connectivity index (χ2v) is 9.23. The molecule has 1 atom stereocenters. The maximum absolute atomic E-state index is 13.5. The van der Waals surface area contributed by atoms with E-state index < -0.39 is 0 Å². The van der Waals surface area contributed by atoms with Crippen molar-refractivity contribution in [1.29, 1.82) is 0 Å². The highest BCUT2D eigenvalue weighted by atomic mass is 16.5. The van der Waals surface area contributed by atoms with E-state index in [0.29, 0.717) is 17.9 Å². The maximum atomic E-state index is 13.5. The molecule has 2 aromatic carbocycles. The first-order chi connectivity index (χ1) is 15.4. The van der Waals surface area contributed by atoms with E-state index in [9.17, 15) is 4.79 Å². The number of allylic oxidation sites excluding steroid dienone is 2. The Morgan fingerprint density at radius 3 is 2.47 bits per heavy atom. The van der Waals surface area contributed by atoms with Crippen molar-refractivity contribution in [3.63, 3.8) is 0 Å². The summed E-state index contributed by atoms with van der Waals surface area (Å²) in [7, 11) is 3.25. The summed E-state index contributed by atoms with van der Waals surface area (Å²) in [6, 6.07) is 16.0. The average molecular weight is 430 g/mol. The molecule has 164 valence electrons. The number of hydrogen-bond donors (Lipinski definition) is 2. The van der Waals surface area contributed by atoms with Gasteiger partial charge in [0.2, 0.25) is 0 Å². The summed E-state index contributed by atoms with van der Waals surface area (Å²) in [6.07, 6.45) is 1.32. The first kappa shape index (κ1) is 20.4. The number of aromatic amines is 1. The number of ether oxygens (including phenoxy) is 2. The molecular weight excluding hydrogens is 402 g/mol. The molecule has 0 radical (unpaired) electrons. The molecule has 1 aromatic heterocycles. The van der Waals surface area contributed by atoms with E-state index in [1.54, 1.807) is 14.2 Å². The molecule has 0 saturated heterocycles. The molecule has 1 unspecified atom stereocenters. The third-order valence-electron chi connectivity index (χ3n) is 6.37. The SMILES string of the molecule is COc1ccc(C2C3=C(CC(C)(C)CC3=O)Nc3n[nH]c(-c4ccccc4)c32)cc1OC. The molecule has 0 amide bonds. The van der Waals surface area contributed by atoms with Crippen molar-refractivity contribution in [1.82, 2.24) is 10.2 Å². The van der Waals surface area contributed by atoms with Crippen molar-refractivity contribution < 1.29 is 14.3 Å². The van der Waals surface area contributed by atoms with Crippen molar-refractivity contribution in [3.05, 3.63) is 70.9 Å². The predicted molar refractivity (Wildman–Crippen MR) is 124 cm³/mol. The molecule has 6 nitrogen and oxygen atoms in total. The number of benzene rings is 2. The minimum Gasteiger partial charge on any atom is -0.493 e. The minimum absolute atomic E-state index is 0.0961. The highest BCUT2D eigenvalue weighted by Gasteiger charge is 2.43. The van der Waals surface area contributed by atoms with Crippen LogP contribution in [-0.2, 0) is 4.79 Å². The summed E-state index contributed by atoms with van der Waals surface area (Å²) in [5.74, 6) is 1.99.